The van der Waals surface area contributed by atoms with Crippen LogP contribution in [0.4, 0.5) is 0 Å². The van der Waals surface area contributed by atoms with E-state index in [4.69, 9.17) is 11.6 Å². The minimum Gasteiger partial charge on any atom is -0.480 e. The van der Waals surface area contributed by atoms with E-state index in [1.54, 1.807) is 6.92 Å². The number of carboxylic acids is 1. The second-order valence-corrected chi connectivity index (χ2v) is 7.03. The minimum atomic E-state index is -3.90. The highest BCUT2D eigenvalue weighted by molar-refractivity contribution is 7.92. The zero-order valence-electron chi connectivity index (χ0n) is 10.8. The molecule has 1 rings (SSSR count). The van der Waals surface area contributed by atoms with E-state index < -0.39 is 27.0 Å². The van der Waals surface area contributed by atoms with Gasteiger partial charge in [0.05, 0.1) is 4.90 Å². The molecule has 0 aliphatic carbocycles. The molecule has 0 spiro atoms. The SMILES string of the molecule is CCCC(C)C(C(=O)O)S(=O)(=O)c1ccc(Cl)cc1. The van der Waals surface area contributed by atoms with Gasteiger partial charge in [-0.15, -0.1) is 0 Å². The number of carbonyl (C=O) groups is 1. The van der Waals surface area contributed by atoms with Gasteiger partial charge in [-0.3, -0.25) is 4.79 Å². The maximum Gasteiger partial charge on any atom is 0.322 e. The van der Waals surface area contributed by atoms with Gasteiger partial charge in [0.15, 0.2) is 15.1 Å². The van der Waals surface area contributed by atoms with E-state index in [1.807, 2.05) is 6.92 Å². The molecule has 0 radical (unpaired) electrons. The summed E-state index contributed by atoms with van der Waals surface area (Å²) in [5.41, 5.74) is 0. The van der Waals surface area contributed by atoms with E-state index >= 15 is 0 Å². The van der Waals surface area contributed by atoms with Crippen LogP contribution in [0.5, 0.6) is 0 Å². The van der Waals surface area contributed by atoms with E-state index in [1.165, 1.54) is 24.3 Å². The number of carboxylic acid groups (broad SMARTS) is 1. The highest BCUT2D eigenvalue weighted by atomic mass is 35.5. The van der Waals surface area contributed by atoms with Gasteiger partial charge in [-0.2, -0.15) is 0 Å². The van der Waals surface area contributed by atoms with Crippen molar-refractivity contribution in [2.45, 2.75) is 36.8 Å². The van der Waals surface area contributed by atoms with Crippen LogP contribution >= 0.6 is 11.6 Å². The Kier molecular flexibility index (Phi) is 5.38. The van der Waals surface area contributed by atoms with Crippen molar-refractivity contribution in [3.63, 3.8) is 0 Å². The molecule has 1 N–H and O–H groups in total. The van der Waals surface area contributed by atoms with Crippen molar-refractivity contribution in [2.75, 3.05) is 0 Å². The Labute approximate surface area is 118 Å². The highest BCUT2D eigenvalue weighted by Gasteiger charge is 2.38. The molecule has 0 saturated carbocycles. The standard InChI is InChI=1S/C13H17ClO4S/c1-3-4-9(2)12(13(15)16)19(17,18)11-7-5-10(14)6-8-11/h5-9,12H,3-4H2,1-2H3,(H,15,16). The smallest absolute Gasteiger partial charge is 0.322 e. The average molecular weight is 305 g/mol. The summed E-state index contributed by atoms with van der Waals surface area (Å²) in [5.74, 6) is -1.75. The monoisotopic (exact) mass is 304 g/mol. The average Bonchev–Trinajstić information content (AvgIpc) is 2.28. The third-order valence-electron chi connectivity index (χ3n) is 2.98. The Morgan fingerprint density at radius 2 is 1.84 bits per heavy atom. The van der Waals surface area contributed by atoms with Crippen LogP contribution in [0.25, 0.3) is 0 Å². The van der Waals surface area contributed by atoms with Crippen LogP contribution in [0.2, 0.25) is 5.02 Å². The second-order valence-electron chi connectivity index (χ2n) is 4.52. The summed E-state index contributed by atoms with van der Waals surface area (Å²) in [6.07, 6.45) is 1.28. The number of benzene rings is 1. The van der Waals surface area contributed by atoms with Gasteiger partial charge in [0.2, 0.25) is 0 Å². The van der Waals surface area contributed by atoms with Gasteiger partial charge in [-0.25, -0.2) is 8.42 Å². The summed E-state index contributed by atoms with van der Waals surface area (Å²) in [5, 5.41) is 8.20. The van der Waals surface area contributed by atoms with Crippen LogP contribution in [0.3, 0.4) is 0 Å². The normalized spacial score (nSPS) is 14.9. The predicted molar refractivity (Wildman–Crippen MR) is 74.1 cm³/mol. The van der Waals surface area contributed by atoms with Gasteiger partial charge in [0, 0.05) is 5.02 Å². The first-order valence-corrected chi connectivity index (χ1v) is 7.95. The third kappa shape index (κ3) is 3.70. The molecule has 106 valence electrons. The van der Waals surface area contributed by atoms with Crippen molar-refractivity contribution in [1.29, 1.82) is 0 Å². The number of aliphatic carboxylic acids is 1. The molecule has 2 unspecified atom stereocenters. The molecule has 0 saturated heterocycles. The predicted octanol–water partition coefficient (Wildman–Crippen LogP) is 3.00. The van der Waals surface area contributed by atoms with Crippen LogP contribution in [-0.2, 0) is 14.6 Å². The fourth-order valence-corrected chi connectivity index (χ4v) is 4.01. The first-order valence-electron chi connectivity index (χ1n) is 6.03. The fraction of sp³-hybridized carbons (Fsp3) is 0.462. The number of rotatable bonds is 6. The van der Waals surface area contributed by atoms with Crippen LogP contribution < -0.4 is 0 Å². The van der Waals surface area contributed by atoms with Crippen molar-refractivity contribution in [2.24, 2.45) is 5.92 Å². The minimum absolute atomic E-state index is 0.00717. The molecule has 0 fully saturated rings. The topological polar surface area (TPSA) is 71.4 Å². The van der Waals surface area contributed by atoms with Gasteiger partial charge >= 0.3 is 5.97 Å². The first-order chi connectivity index (χ1) is 8.80. The third-order valence-corrected chi connectivity index (χ3v) is 5.50. The zero-order chi connectivity index (χ0) is 14.6. The van der Waals surface area contributed by atoms with Crippen molar-refractivity contribution in [1.82, 2.24) is 0 Å². The molecule has 0 aliphatic heterocycles. The summed E-state index contributed by atoms with van der Waals surface area (Å²) in [4.78, 5) is 11.3. The lowest BCUT2D eigenvalue weighted by atomic mass is 10.0. The molecule has 1 aromatic carbocycles. The largest absolute Gasteiger partial charge is 0.480 e. The van der Waals surface area contributed by atoms with Gasteiger partial charge in [-0.05, 0) is 36.6 Å². The van der Waals surface area contributed by atoms with Crippen LogP contribution in [0.1, 0.15) is 26.7 Å². The molecule has 1 aromatic rings. The van der Waals surface area contributed by atoms with Gasteiger partial charge in [0.1, 0.15) is 0 Å². The van der Waals surface area contributed by atoms with Crippen LogP contribution in [-0.4, -0.2) is 24.7 Å². The molecule has 0 heterocycles. The summed E-state index contributed by atoms with van der Waals surface area (Å²) < 4.78 is 24.8. The highest BCUT2D eigenvalue weighted by Crippen LogP contribution is 2.25. The van der Waals surface area contributed by atoms with E-state index in [-0.39, 0.29) is 4.90 Å². The summed E-state index contributed by atoms with van der Waals surface area (Å²) in [6.45, 7) is 3.54. The van der Waals surface area contributed by atoms with Gasteiger partial charge in [-0.1, -0.05) is 31.9 Å². The number of sulfone groups is 1. The molecule has 0 aliphatic rings. The molecule has 2 atom stereocenters. The fourth-order valence-electron chi connectivity index (χ4n) is 2.06. The first kappa shape index (κ1) is 16.0. The van der Waals surface area contributed by atoms with E-state index in [0.29, 0.717) is 11.4 Å². The lowest BCUT2D eigenvalue weighted by Gasteiger charge is -2.20. The van der Waals surface area contributed by atoms with E-state index in [9.17, 15) is 18.3 Å². The molecular formula is C13H17ClO4S. The Bertz CT molecular complexity index is 536. The Morgan fingerprint density at radius 1 is 1.32 bits per heavy atom. The molecule has 4 nitrogen and oxygen atoms in total. The number of hydrogen-bond donors (Lipinski definition) is 1. The Hall–Kier alpha value is -1.07. The van der Waals surface area contributed by atoms with Crippen molar-refractivity contribution >= 4 is 27.4 Å². The quantitative estimate of drug-likeness (QED) is 0.877. The van der Waals surface area contributed by atoms with Crippen LogP contribution in [0, 0.1) is 5.92 Å². The Morgan fingerprint density at radius 3 is 2.26 bits per heavy atom. The van der Waals surface area contributed by atoms with Crippen molar-refractivity contribution in [3.05, 3.63) is 29.3 Å². The summed E-state index contributed by atoms with van der Waals surface area (Å²) in [6, 6.07) is 5.56. The maximum atomic E-state index is 12.4. The van der Waals surface area contributed by atoms with Gasteiger partial charge < -0.3 is 5.11 Å². The molecule has 0 amide bonds. The lowest BCUT2D eigenvalue weighted by Crippen LogP contribution is -2.36. The molecular weight excluding hydrogens is 288 g/mol. The Balaban J connectivity index is 3.20. The number of hydrogen-bond acceptors (Lipinski definition) is 3. The van der Waals surface area contributed by atoms with Gasteiger partial charge in [0.25, 0.3) is 0 Å². The molecule has 6 heteroatoms. The summed E-state index contributed by atoms with van der Waals surface area (Å²) in [7, 11) is -3.90. The number of halogens is 1. The zero-order valence-corrected chi connectivity index (χ0v) is 12.4. The van der Waals surface area contributed by atoms with E-state index in [2.05, 4.69) is 0 Å². The lowest BCUT2D eigenvalue weighted by molar-refractivity contribution is -0.137. The summed E-state index contributed by atoms with van der Waals surface area (Å²) >= 11 is 5.71. The molecule has 0 bridgehead atoms. The van der Waals surface area contributed by atoms with E-state index in [0.717, 1.165) is 6.42 Å². The van der Waals surface area contributed by atoms with Crippen molar-refractivity contribution < 1.29 is 18.3 Å². The maximum absolute atomic E-state index is 12.4. The van der Waals surface area contributed by atoms with Crippen LogP contribution in [0.15, 0.2) is 29.2 Å². The molecule has 0 aromatic heterocycles. The second kappa shape index (κ2) is 6.39. The molecule has 19 heavy (non-hydrogen) atoms. The van der Waals surface area contributed by atoms with Crippen molar-refractivity contribution in [3.8, 4) is 0 Å².